The first-order chi connectivity index (χ1) is 28.3. The monoisotopic (exact) mass is 739 g/mol. The van der Waals surface area contributed by atoms with Crippen molar-refractivity contribution < 1.29 is 0 Å². The number of benzene rings is 10. The lowest BCUT2D eigenvalue weighted by Gasteiger charge is -2.32. The molecular formula is C55H33NS. The van der Waals surface area contributed by atoms with E-state index in [2.05, 4.69) is 205 Å². The third-order valence-corrected chi connectivity index (χ3v) is 14.0. The minimum atomic E-state index is -0.479. The van der Waals surface area contributed by atoms with Crippen molar-refractivity contribution in [3.05, 3.63) is 222 Å². The van der Waals surface area contributed by atoms with Gasteiger partial charge in [-0.3, -0.25) is 0 Å². The van der Waals surface area contributed by atoms with Crippen LogP contribution in [0.5, 0.6) is 0 Å². The van der Waals surface area contributed by atoms with Gasteiger partial charge in [0.15, 0.2) is 0 Å². The molecule has 0 aliphatic heterocycles. The molecule has 1 spiro atoms. The average molecular weight is 740 g/mol. The van der Waals surface area contributed by atoms with E-state index in [4.69, 9.17) is 0 Å². The van der Waals surface area contributed by atoms with E-state index in [-0.39, 0.29) is 0 Å². The normalized spacial score (nSPS) is 13.4. The van der Waals surface area contributed by atoms with E-state index in [9.17, 15) is 0 Å². The van der Waals surface area contributed by atoms with Crippen molar-refractivity contribution in [1.29, 1.82) is 0 Å². The molecule has 0 radical (unpaired) electrons. The fraction of sp³-hybridized carbons (Fsp3) is 0.0182. The Kier molecular flexibility index (Phi) is 6.31. The van der Waals surface area contributed by atoms with Gasteiger partial charge in [0.05, 0.1) is 15.8 Å². The van der Waals surface area contributed by atoms with E-state index in [0.29, 0.717) is 0 Å². The summed E-state index contributed by atoms with van der Waals surface area (Å²) in [5.74, 6) is 0. The van der Waals surface area contributed by atoms with Crippen molar-refractivity contribution in [3.63, 3.8) is 0 Å². The predicted octanol–water partition coefficient (Wildman–Crippen LogP) is 15.3. The highest BCUT2D eigenvalue weighted by atomic mass is 32.1. The Morgan fingerprint density at radius 1 is 0.368 bits per heavy atom. The second-order valence-corrected chi connectivity index (χ2v) is 16.6. The third kappa shape index (κ3) is 4.07. The van der Waals surface area contributed by atoms with Crippen molar-refractivity contribution in [2.24, 2.45) is 0 Å². The first-order valence-corrected chi connectivity index (χ1v) is 20.6. The molecule has 11 aromatic rings. The molecule has 57 heavy (non-hydrogen) atoms. The maximum absolute atomic E-state index is 2.54. The summed E-state index contributed by atoms with van der Waals surface area (Å²) in [7, 11) is 0. The highest BCUT2D eigenvalue weighted by Gasteiger charge is 2.53. The Hall–Kier alpha value is -7.00. The van der Waals surface area contributed by atoms with Crippen molar-refractivity contribution in [2.75, 3.05) is 4.90 Å². The molecule has 1 nitrogen and oxygen atoms in total. The van der Waals surface area contributed by atoms with Crippen LogP contribution >= 0.6 is 11.3 Å². The van der Waals surface area contributed by atoms with E-state index >= 15 is 0 Å². The lowest BCUT2D eigenvalue weighted by molar-refractivity contribution is 0.803. The van der Waals surface area contributed by atoms with Gasteiger partial charge >= 0.3 is 0 Å². The molecule has 0 saturated carbocycles. The molecule has 0 unspecified atom stereocenters. The number of fused-ring (bicyclic) bond motifs is 19. The Bertz CT molecular complexity index is 3440. The first-order valence-electron chi connectivity index (χ1n) is 19.8. The molecule has 1 aromatic heterocycles. The molecule has 0 N–H and O–H groups in total. The minimum Gasteiger partial charge on any atom is -0.309 e. The van der Waals surface area contributed by atoms with Gasteiger partial charge in [0, 0.05) is 26.8 Å². The van der Waals surface area contributed by atoms with Crippen LogP contribution < -0.4 is 4.90 Å². The van der Waals surface area contributed by atoms with Gasteiger partial charge in [-0.1, -0.05) is 152 Å². The van der Waals surface area contributed by atoms with Gasteiger partial charge in [0.2, 0.25) is 0 Å². The van der Waals surface area contributed by atoms with Crippen LogP contribution in [0.2, 0.25) is 0 Å². The van der Waals surface area contributed by atoms with E-state index in [1.807, 2.05) is 11.3 Å². The summed E-state index contributed by atoms with van der Waals surface area (Å²) in [6, 6.07) is 75.0. The molecule has 10 aromatic carbocycles. The predicted molar refractivity (Wildman–Crippen MR) is 243 cm³/mol. The zero-order valence-electron chi connectivity index (χ0n) is 30.9. The van der Waals surface area contributed by atoms with Crippen LogP contribution in [0.1, 0.15) is 22.3 Å². The molecule has 2 heteroatoms. The van der Waals surface area contributed by atoms with E-state index < -0.39 is 5.41 Å². The maximum atomic E-state index is 2.54. The molecule has 13 rings (SSSR count). The molecule has 0 amide bonds. The molecule has 0 saturated heterocycles. The van der Waals surface area contributed by atoms with Crippen LogP contribution in [-0.4, -0.2) is 0 Å². The fourth-order valence-corrected chi connectivity index (χ4v) is 11.8. The number of thiophene rings is 1. The van der Waals surface area contributed by atoms with Crippen molar-refractivity contribution in [3.8, 4) is 22.3 Å². The molecule has 0 bridgehead atoms. The smallest absolute Gasteiger partial charge is 0.0731 e. The molecule has 264 valence electrons. The SMILES string of the molecule is c1ccc(N(c2ccc3cc4c(cc3c2)C2(c3ccccc3-c3ccccc32)c2c-4c3ccccc3c3ccccc23)c2cccc3c2sc2ccccc23)cc1. The maximum Gasteiger partial charge on any atom is 0.0731 e. The Morgan fingerprint density at radius 3 is 1.75 bits per heavy atom. The van der Waals surface area contributed by atoms with Crippen LogP contribution in [0.15, 0.2) is 200 Å². The summed E-state index contributed by atoms with van der Waals surface area (Å²) in [4.78, 5) is 2.45. The Balaban J connectivity index is 1.14. The number of nitrogens with zero attached hydrogens (tertiary/aromatic N) is 1. The van der Waals surface area contributed by atoms with Crippen molar-refractivity contribution >= 4 is 80.9 Å². The van der Waals surface area contributed by atoms with Gasteiger partial charge in [-0.05, 0) is 125 Å². The van der Waals surface area contributed by atoms with Gasteiger partial charge in [-0.25, -0.2) is 0 Å². The van der Waals surface area contributed by atoms with Crippen molar-refractivity contribution in [1.82, 2.24) is 0 Å². The van der Waals surface area contributed by atoms with Crippen molar-refractivity contribution in [2.45, 2.75) is 5.41 Å². The zero-order chi connectivity index (χ0) is 37.2. The number of anilines is 3. The van der Waals surface area contributed by atoms with Crippen LogP contribution in [-0.2, 0) is 5.41 Å². The van der Waals surface area contributed by atoms with E-state index in [1.165, 1.54) is 103 Å². The highest BCUT2D eigenvalue weighted by Crippen LogP contribution is 2.66. The standard InChI is InChI=1S/C55H33NS/c1-2-15-36(16-3-1)56(50-27-14-24-45-42-21-10-13-28-51(42)57-54(45)50)37-30-29-34-32-46-49(33-35(34)31-37)55(47-25-11-8-19-40(47)41-20-9-12-26-48(41)55)53-44-23-7-5-18-39(44)38-17-4-6-22-43(38)52(46)53/h1-33H. The molecule has 0 fully saturated rings. The molecule has 1 heterocycles. The summed E-state index contributed by atoms with van der Waals surface area (Å²) in [6.45, 7) is 0. The van der Waals surface area contributed by atoms with Crippen LogP contribution in [0.3, 0.4) is 0 Å². The van der Waals surface area contributed by atoms with Gasteiger partial charge in [-0.2, -0.15) is 0 Å². The minimum absolute atomic E-state index is 0.479. The average Bonchev–Trinajstić information content (AvgIpc) is 3.91. The number of rotatable bonds is 3. The number of para-hydroxylation sites is 1. The second kappa shape index (κ2) is 11.5. The summed E-state index contributed by atoms with van der Waals surface area (Å²) in [5, 5.41) is 10.3. The number of hydrogen-bond donors (Lipinski definition) is 0. The highest BCUT2D eigenvalue weighted by molar-refractivity contribution is 7.26. The lowest BCUT2D eigenvalue weighted by atomic mass is 9.69. The summed E-state index contributed by atoms with van der Waals surface area (Å²) < 4.78 is 2.60. The van der Waals surface area contributed by atoms with E-state index in [0.717, 1.165) is 11.4 Å². The zero-order valence-corrected chi connectivity index (χ0v) is 31.7. The second-order valence-electron chi connectivity index (χ2n) is 15.5. The number of hydrogen-bond acceptors (Lipinski definition) is 2. The lowest BCUT2D eigenvalue weighted by Crippen LogP contribution is -2.26. The summed E-state index contributed by atoms with van der Waals surface area (Å²) in [5.41, 5.74) is 13.8. The van der Waals surface area contributed by atoms with E-state index in [1.54, 1.807) is 0 Å². The quantitative estimate of drug-likeness (QED) is 0.163. The molecule has 2 aliphatic carbocycles. The topological polar surface area (TPSA) is 3.24 Å². The third-order valence-electron chi connectivity index (χ3n) is 12.8. The first kappa shape index (κ1) is 31.2. The van der Waals surface area contributed by atoms with Gasteiger partial charge in [-0.15, -0.1) is 11.3 Å². The summed E-state index contributed by atoms with van der Waals surface area (Å²) in [6.07, 6.45) is 0. The Labute approximate surface area is 334 Å². The fourth-order valence-electron chi connectivity index (χ4n) is 10.6. The molecular weight excluding hydrogens is 707 g/mol. The van der Waals surface area contributed by atoms with Gasteiger partial charge in [0.25, 0.3) is 0 Å². The van der Waals surface area contributed by atoms with Crippen LogP contribution in [0, 0.1) is 0 Å². The van der Waals surface area contributed by atoms with Crippen LogP contribution in [0.25, 0.3) is 74.7 Å². The Morgan fingerprint density at radius 2 is 0.982 bits per heavy atom. The van der Waals surface area contributed by atoms with Gasteiger partial charge < -0.3 is 4.90 Å². The molecule has 0 atom stereocenters. The molecule has 2 aliphatic rings. The van der Waals surface area contributed by atoms with Crippen LogP contribution in [0.4, 0.5) is 17.1 Å². The largest absolute Gasteiger partial charge is 0.309 e. The summed E-state index contributed by atoms with van der Waals surface area (Å²) >= 11 is 1.88. The van der Waals surface area contributed by atoms with Gasteiger partial charge in [0.1, 0.15) is 0 Å².